The van der Waals surface area contributed by atoms with Crippen molar-refractivity contribution in [3.8, 4) is 0 Å². The van der Waals surface area contributed by atoms with Gasteiger partial charge in [-0.25, -0.2) is 4.79 Å². The first kappa shape index (κ1) is 24.8. The number of unbranched alkanes of at least 4 members (excludes halogenated alkanes) is 10. The Kier molecular flexibility index (Phi) is 11.8. The van der Waals surface area contributed by atoms with Gasteiger partial charge in [-0.1, -0.05) is 93.1 Å². The average molecular weight is 475 g/mol. The first-order chi connectivity index (χ1) is 14.1. The van der Waals surface area contributed by atoms with Crippen LogP contribution in [-0.4, -0.2) is 43.7 Å². The quantitative estimate of drug-likeness (QED) is 0.120. The molecule has 3 fully saturated rings. The van der Waals surface area contributed by atoms with E-state index in [1.807, 2.05) is 6.08 Å². The number of hydrogen-bond donors (Lipinski definition) is 0. The Labute approximate surface area is 185 Å². The molecular formula is C23H39BrO5. The zero-order valence-corrected chi connectivity index (χ0v) is 19.7. The zero-order chi connectivity index (χ0) is 20.8. The SMILES string of the molecule is CCCCCCCCCCCCCC12OCC(C=CC(=O)OCCBr)(CO1)CO2. The van der Waals surface area contributed by atoms with E-state index in [9.17, 15) is 4.79 Å². The number of ether oxygens (including phenoxy) is 4. The van der Waals surface area contributed by atoms with Crippen molar-refractivity contribution in [1.82, 2.24) is 0 Å². The van der Waals surface area contributed by atoms with E-state index in [0.717, 1.165) is 12.8 Å². The molecule has 3 rings (SSSR count). The lowest BCUT2D eigenvalue weighted by atomic mass is 9.88. The van der Waals surface area contributed by atoms with Crippen molar-refractivity contribution in [2.45, 2.75) is 89.9 Å². The Morgan fingerprint density at radius 1 is 0.897 bits per heavy atom. The van der Waals surface area contributed by atoms with Crippen LogP contribution in [0.3, 0.4) is 0 Å². The van der Waals surface area contributed by atoms with Gasteiger partial charge in [0.2, 0.25) is 0 Å². The topological polar surface area (TPSA) is 54.0 Å². The van der Waals surface area contributed by atoms with E-state index in [4.69, 9.17) is 18.9 Å². The zero-order valence-electron chi connectivity index (χ0n) is 18.1. The van der Waals surface area contributed by atoms with Crippen LogP contribution in [0.1, 0.15) is 84.0 Å². The van der Waals surface area contributed by atoms with Crippen molar-refractivity contribution in [1.29, 1.82) is 0 Å². The highest BCUT2D eigenvalue weighted by molar-refractivity contribution is 9.09. The standard InChI is InChI=1S/C23H39BrO5/c1-2-3-4-5-6-7-8-9-10-11-12-14-23-27-18-22(19-28-23,20-29-23)15-13-21(25)26-17-16-24/h13,15H,2-12,14,16-20H2,1H3. The summed E-state index contributed by atoms with van der Waals surface area (Å²) in [4.78, 5) is 11.7. The first-order valence-corrected chi connectivity index (χ1v) is 12.6. The molecule has 0 atom stereocenters. The fraction of sp³-hybridized carbons (Fsp3) is 0.870. The maximum atomic E-state index is 11.7. The molecule has 2 bridgehead atoms. The molecule has 0 aromatic rings. The highest BCUT2D eigenvalue weighted by atomic mass is 79.9. The number of halogens is 1. The predicted octanol–water partition coefficient (Wildman–Crippen LogP) is 5.90. The molecule has 0 spiro atoms. The van der Waals surface area contributed by atoms with Crippen molar-refractivity contribution < 1.29 is 23.7 Å². The second kappa shape index (κ2) is 13.8. The van der Waals surface area contributed by atoms with Crippen LogP contribution in [0, 0.1) is 5.41 Å². The minimum atomic E-state index is -0.870. The van der Waals surface area contributed by atoms with Crippen molar-refractivity contribution in [3.05, 3.63) is 12.2 Å². The van der Waals surface area contributed by atoms with E-state index in [1.165, 1.54) is 70.3 Å². The summed E-state index contributed by atoms with van der Waals surface area (Å²) >= 11 is 3.23. The molecule has 0 aliphatic carbocycles. The number of hydrogen-bond acceptors (Lipinski definition) is 5. The molecule has 3 aliphatic heterocycles. The Bertz CT molecular complexity index is 469. The summed E-state index contributed by atoms with van der Waals surface area (Å²) in [5, 5.41) is 0.634. The summed E-state index contributed by atoms with van der Waals surface area (Å²) in [5.74, 6) is -1.21. The number of esters is 1. The molecule has 0 N–H and O–H groups in total. The molecule has 0 aromatic heterocycles. The summed E-state index contributed by atoms with van der Waals surface area (Å²) < 4.78 is 22.8. The molecule has 0 saturated carbocycles. The van der Waals surface area contributed by atoms with Crippen molar-refractivity contribution in [2.75, 3.05) is 31.8 Å². The highest BCUT2D eigenvalue weighted by Crippen LogP contribution is 2.41. The van der Waals surface area contributed by atoms with Gasteiger partial charge in [0.1, 0.15) is 6.61 Å². The van der Waals surface area contributed by atoms with E-state index in [1.54, 1.807) is 0 Å². The molecule has 168 valence electrons. The Morgan fingerprint density at radius 2 is 1.41 bits per heavy atom. The first-order valence-electron chi connectivity index (χ1n) is 11.5. The molecule has 5 nitrogen and oxygen atoms in total. The van der Waals surface area contributed by atoms with Crippen LogP contribution >= 0.6 is 15.9 Å². The van der Waals surface area contributed by atoms with Crippen LogP contribution in [0.25, 0.3) is 0 Å². The van der Waals surface area contributed by atoms with Crippen LogP contribution < -0.4 is 0 Å². The normalized spacial score (nSPS) is 26.3. The number of rotatable bonds is 16. The van der Waals surface area contributed by atoms with Gasteiger partial charge in [0.05, 0.1) is 25.2 Å². The van der Waals surface area contributed by atoms with Gasteiger partial charge in [-0.15, -0.1) is 0 Å². The molecule has 3 heterocycles. The van der Waals surface area contributed by atoms with E-state index in [0.29, 0.717) is 31.8 Å². The maximum absolute atomic E-state index is 11.7. The summed E-state index contributed by atoms with van der Waals surface area (Å²) in [6.07, 6.45) is 18.5. The van der Waals surface area contributed by atoms with Gasteiger partial charge in [-0.2, -0.15) is 0 Å². The second-order valence-corrected chi connectivity index (χ2v) is 9.18. The van der Waals surface area contributed by atoms with Crippen molar-refractivity contribution in [3.63, 3.8) is 0 Å². The summed E-state index contributed by atoms with van der Waals surface area (Å²) in [5.41, 5.74) is -0.383. The largest absolute Gasteiger partial charge is 0.462 e. The fourth-order valence-corrected chi connectivity index (χ4v) is 3.97. The monoisotopic (exact) mass is 474 g/mol. The number of alkyl halides is 1. The fourth-order valence-electron chi connectivity index (χ4n) is 3.81. The molecule has 0 amide bonds. The second-order valence-electron chi connectivity index (χ2n) is 8.39. The van der Waals surface area contributed by atoms with Crippen LogP contribution in [-0.2, 0) is 23.7 Å². The van der Waals surface area contributed by atoms with Gasteiger partial charge < -0.3 is 18.9 Å². The smallest absolute Gasteiger partial charge is 0.330 e. The van der Waals surface area contributed by atoms with Crippen molar-refractivity contribution in [2.24, 2.45) is 5.41 Å². The lowest BCUT2D eigenvalue weighted by Gasteiger charge is -2.50. The van der Waals surface area contributed by atoms with Crippen LogP contribution in [0.15, 0.2) is 12.2 Å². The lowest BCUT2D eigenvalue weighted by molar-refractivity contribution is -0.463. The van der Waals surface area contributed by atoms with E-state index in [2.05, 4.69) is 22.9 Å². The van der Waals surface area contributed by atoms with Crippen LogP contribution in [0.2, 0.25) is 0 Å². The minimum absolute atomic E-state index is 0.345. The summed E-state index contributed by atoms with van der Waals surface area (Å²) in [6, 6.07) is 0. The molecule has 29 heavy (non-hydrogen) atoms. The highest BCUT2D eigenvalue weighted by Gasteiger charge is 2.51. The molecule has 6 heteroatoms. The van der Waals surface area contributed by atoms with Gasteiger partial charge in [-0.05, 0) is 6.42 Å². The molecule has 3 saturated heterocycles. The van der Waals surface area contributed by atoms with Crippen LogP contribution in [0.5, 0.6) is 0 Å². The summed E-state index contributed by atoms with van der Waals surface area (Å²) in [7, 11) is 0. The average Bonchev–Trinajstić information content (AvgIpc) is 2.76. The lowest BCUT2D eigenvalue weighted by Crippen LogP contribution is -2.59. The van der Waals surface area contributed by atoms with E-state index in [-0.39, 0.29) is 11.4 Å². The predicted molar refractivity (Wildman–Crippen MR) is 118 cm³/mol. The number of carbonyl (C=O) groups is 1. The molecule has 0 aromatic carbocycles. The maximum Gasteiger partial charge on any atom is 0.330 e. The van der Waals surface area contributed by atoms with Crippen molar-refractivity contribution >= 4 is 21.9 Å². The molecule has 0 radical (unpaired) electrons. The summed E-state index contributed by atoms with van der Waals surface area (Å²) in [6.45, 7) is 4.19. The number of carbonyl (C=O) groups excluding carboxylic acids is 1. The van der Waals surface area contributed by atoms with E-state index >= 15 is 0 Å². The van der Waals surface area contributed by atoms with Crippen LogP contribution in [0.4, 0.5) is 0 Å². The number of fused-ring (bicyclic) bond motifs is 3. The molecule has 3 aliphatic rings. The minimum Gasteiger partial charge on any atom is -0.462 e. The third-order valence-corrected chi connectivity index (χ3v) is 6.04. The van der Waals surface area contributed by atoms with E-state index < -0.39 is 5.97 Å². The van der Waals surface area contributed by atoms with Gasteiger partial charge in [0.25, 0.3) is 5.97 Å². The van der Waals surface area contributed by atoms with Gasteiger partial charge in [-0.3, -0.25) is 0 Å². The van der Waals surface area contributed by atoms with Gasteiger partial charge in [0, 0.05) is 17.8 Å². The Balaban J connectivity index is 1.53. The molecular weight excluding hydrogens is 436 g/mol. The molecule has 0 unspecified atom stereocenters. The Hall–Kier alpha value is -0.430. The third-order valence-electron chi connectivity index (χ3n) is 5.72. The van der Waals surface area contributed by atoms with Gasteiger partial charge in [0.15, 0.2) is 0 Å². The van der Waals surface area contributed by atoms with Gasteiger partial charge >= 0.3 is 5.97 Å². The Morgan fingerprint density at radius 3 is 1.93 bits per heavy atom. The third kappa shape index (κ3) is 9.07.